The van der Waals surface area contributed by atoms with E-state index in [0.29, 0.717) is 16.1 Å². The minimum Gasteiger partial charge on any atom is -0.465 e. The zero-order valence-corrected chi connectivity index (χ0v) is 9.91. The van der Waals surface area contributed by atoms with Gasteiger partial charge in [-0.05, 0) is 30.2 Å². The highest BCUT2D eigenvalue weighted by atomic mass is 35.5. The Balaban J connectivity index is 3.23. The Hall–Kier alpha value is -1.32. The molecule has 0 heterocycles. The van der Waals surface area contributed by atoms with Crippen molar-refractivity contribution in [1.29, 1.82) is 0 Å². The molecule has 0 aliphatic rings. The molecule has 0 amide bonds. The van der Waals surface area contributed by atoms with E-state index in [0.717, 1.165) is 5.57 Å². The summed E-state index contributed by atoms with van der Waals surface area (Å²) in [7, 11) is 1.32. The second kappa shape index (κ2) is 5.68. The summed E-state index contributed by atoms with van der Waals surface area (Å²) in [5, 5.41) is 9.40. The van der Waals surface area contributed by atoms with Crippen molar-refractivity contribution in [1.82, 2.24) is 0 Å². The highest BCUT2D eigenvalue weighted by Gasteiger charge is 2.10. The van der Waals surface area contributed by atoms with E-state index in [-0.39, 0.29) is 6.61 Å². The van der Waals surface area contributed by atoms with Crippen LogP contribution in [0.3, 0.4) is 0 Å². The van der Waals surface area contributed by atoms with Crippen molar-refractivity contribution < 1.29 is 14.6 Å². The van der Waals surface area contributed by atoms with Gasteiger partial charge in [-0.15, -0.1) is 0 Å². The van der Waals surface area contributed by atoms with Gasteiger partial charge in [0, 0.05) is 5.02 Å². The van der Waals surface area contributed by atoms with Crippen molar-refractivity contribution in [2.75, 3.05) is 13.7 Å². The molecular weight excluding hydrogens is 228 g/mol. The summed E-state index contributed by atoms with van der Waals surface area (Å²) in [6, 6.07) is 4.95. The van der Waals surface area contributed by atoms with Crippen LogP contribution in [-0.4, -0.2) is 24.8 Å². The molecular formula is C12H13ClO3. The number of carbonyl (C=O) groups excluding carboxylic acids is 1. The van der Waals surface area contributed by atoms with Crippen LogP contribution in [0.4, 0.5) is 0 Å². The first kappa shape index (κ1) is 12.7. The molecule has 0 radical (unpaired) electrons. The van der Waals surface area contributed by atoms with Gasteiger partial charge in [0.2, 0.25) is 0 Å². The maximum Gasteiger partial charge on any atom is 0.338 e. The van der Waals surface area contributed by atoms with Gasteiger partial charge < -0.3 is 9.84 Å². The van der Waals surface area contributed by atoms with Gasteiger partial charge in [0.1, 0.15) is 0 Å². The van der Waals surface area contributed by atoms with E-state index in [2.05, 4.69) is 4.74 Å². The minimum absolute atomic E-state index is 0.0523. The fourth-order valence-electron chi connectivity index (χ4n) is 1.25. The van der Waals surface area contributed by atoms with E-state index < -0.39 is 5.97 Å². The summed E-state index contributed by atoms with van der Waals surface area (Å²) in [6.45, 7) is 1.72. The van der Waals surface area contributed by atoms with E-state index >= 15 is 0 Å². The normalized spacial score (nSPS) is 11.4. The van der Waals surface area contributed by atoms with E-state index in [1.54, 1.807) is 31.2 Å². The van der Waals surface area contributed by atoms with Gasteiger partial charge in [-0.1, -0.05) is 23.7 Å². The van der Waals surface area contributed by atoms with E-state index in [1.807, 2.05) is 0 Å². The van der Waals surface area contributed by atoms with Crippen LogP contribution in [0.1, 0.15) is 22.8 Å². The van der Waals surface area contributed by atoms with Crippen molar-refractivity contribution in [3.8, 4) is 0 Å². The SMILES string of the molecule is COC(=O)c1cc(Cl)ccc1/C=C(\C)CO. The summed E-state index contributed by atoms with van der Waals surface area (Å²) in [4.78, 5) is 11.5. The van der Waals surface area contributed by atoms with Crippen molar-refractivity contribution in [3.63, 3.8) is 0 Å². The van der Waals surface area contributed by atoms with E-state index in [1.165, 1.54) is 7.11 Å². The topological polar surface area (TPSA) is 46.5 Å². The molecule has 0 spiro atoms. The number of methoxy groups -OCH3 is 1. The van der Waals surface area contributed by atoms with Crippen LogP contribution in [0.15, 0.2) is 23.8 Å². The number of ether oxygens (including phenoxy) is 1. The second-order valence-electron chi connectivity index (χ2n) is 3.37. The van der Waals surface area contributed by atoms with E-state index in [4.69, 9.17) is 16.7 Å². The zero-order chi connectivity index (χ0) is 12.1. The van der Waals surface area contributed by atoms with E-state index in [9.17, 15) is 4.79 Å². The number of hydrogen-bond acceptors (Lipinski definition) is 3. The fraction of sp³-hybridized carbons (Fsp3) is 0.250. The molecule has 3 nitrogen and oxygen atoms in total. The molecule has 1 N–H and O–H groups in total. The van der Waals surface area contributed by atoms with Crippen molar-refractivity contribution in [3.05, 3.63) is 39.9 Å². The van der Waals surface area contributed by atoms with Crippen molar-refractivity contribution in [2.24, 2.45) is 0 Å². The number of rotatable bonds is 3. The Bertz CT molecular complexity index is 424. The molecule has 1 aromatic carbocycles. The number of aliphatic hydroxyl groups is 1. The minimum atomic E-state index is -0.445. The molecule has 1 rings (SSSR count). The number of hydrogen-bond donors (Lipinski definition) is 1. The Labute approximate surface area is 99.3 Å². The fourth-order valence-corrected chi connectivity index (χ4v) is 1.42. The first-order chi connectivity index (χ1) is 7.58. The van der Waals surface area contributed by atoms with Crippen LogP contribution in [0, 0.1) is 0 Å². The van der Waals surface area contributed by atoms with Crippen LogP contribution in [0.25, 0.3) is 6.08 Å². The lowest BCUT2D eigenvalue weighted by Crippen LogP contribution is -2.04. The lowest BCUT2D eigenvalue weighted by Gasteiger charge is -2.05. The smallest absolute Gasteiger partial charge is 0.338 e. The molecule has 86 valence electrons. The Morgan fingerprint density at radius 1 is 1.56 bits per heavy atom. The zero-order valence-electron chi connectivity index (χ0n) is 9.16. The van der Waals surface area contributed by atoms with Gasteiger partial charge in [0.15, 0.2) is 0 Å². The third kappa shape index (κ3) is 3.08. The Kier molecular flexibility index (Phi) is 4.52. The van der Waals surface area contributed by atoms with Gasteiger partial charge >= 0.3 is 5.97 Å². The third-order valence-corrected chi connectivity index (χ3v) is 2.31. The number of esters is 1. The van der Waals surface area contributed by atoms with Crippen LogP contribution in [0.5, 0.6) is 0 Å². The monoisotopic (exact) mass is 240 g/mol. The molecule has 0 aliphatic heterocycles. The predicted molar refractivity (Wildman–Crippen MR) is 63.5 cm³/mol. The molecule has 0 bridgehead atoms. The standard InChI is InChI=1S/C12H13ClO3/c1-8(7-14)5-9-3-4-10(13)6-11(9)12(15)16-2/h3-6,14H,7H2,1-2H3/b8-5+. The average molecular weight is 241 g/mol. The maximum atomic E-state index is 11.5. The highest BCUT2D eigenvalue weighted by Crippen LogP contribution is 2.19. The second-order valence-corrected chi connectivity index (χ2v) is 3.81. The molecule has 0 unspecified atom stereocenters. The van der Waals surface area contributed by atoms with Gasteiger partial charge in [-0.3, -0.25) is 0 Å². The third-order valence-electron chi connectivity index (χ3n) is 2.07. The number of benzene rings is 1. The van der Waals surface area contributed by atoms with Crippen LogP contribution in [-0.2, 0) is 4.74 Å². The molecule has 0 atom stereocenters. The summed E-state index contributed by atoms with van der Waals surface area (Å²) in [5.41, 5.74) is 1.83. The molecule has 0 aliphatic carbocycles. The Morgan fingerprint density at radius 2 is 2.25 bits per heavy atom. The Morgan fingerprint density at radius 3 is 2.81 bits per heavy atom. The number of aliphatic hydroxyl groups excluding tert-OH is 1. The van der Waals surface area contributed by atoms with Gasteiger partial charge in [-0.2, -0.15) is 0 Å². The predicted octanol–water partition coefficient (Wildman–Crippen LogP) is 2.52. The quantitative estimate of drug-likeness (QED) is 0.826. The molecule has 1 aromatic rings. The van der Waals surface area contributed by atoms with Gasteiger partial charge in [0.25, 0.3) is 0 Å². The van der Waals surface area contributed by atoms with Crippen LogP contribution >= 0.6 is 11.6 Å². The molecule has 0 saturated carbocycles. The van der Waals surface area contributed by atoms with Crippen LogP contribution in [0.2, 0.25) is 5.02 Å². The molecule has 4 heteroatoms. The largest absolute Gasteiger partial charge is 0.465 e. The van der Waals surface area contributed by atoms with Gasteiger partial charge in [0.05, 0.1) is 19.3 Å². The maximum absolute atomic E-state index is 11.5. The number of carbonyl (C=O) groups is 1. The lowest BCUT2D eigenvalue weighted by atomic mass is 10.1. The summed E-state index contributed by atoms with van der Waals surface area (Å²) >= 11 is 5.81. The molecule has 16 heavy (non-hydrogen) atoms. The van der Waals surface area contributed by atoms with Gasteiger partial charge in [-0.25, -0.2) is 4.79 Å². The summed E-state index contributed by atoms with van der Waals surface area (Å²) in [6.07, 6.45) is 1.72. The molecule has 0 fully saturated rings. The highest BCUT2D eigenvalue weighted by molar-refractivity contribution is 6.31. The summed E-state index contributed by atoms with van der Waals surface area (Å²) in [5.74, 6) is -0.445. The van der Waals surface area contributed by atoms with Crippen molar-refractivity contribution >= 4 is 23.6 Å². The van der Waals surface area contributed by atoms with Crippen LogP contribution < -0.4 is 0 Å². The molecule has 0 saturated heterocycles. The lowest BCUT2D eigenvalue weighted by molar-refractivity contribution is 0.0600. The first-order valence-electron chi connectivity index (χ1n) is 4.74. The first-order valence-corrected chi connectivity index (χ1v) is 5.12. The number of halogens is 1. The summed E-state index contributed by atoms with van der Waals surface area (Å²) < 4.78 is 4.66. The average Bonchev–Trinajstić information content (AvgIpc) is 2.30. The molecule has 0 aromatic heterocycles. The van der Waals surface area contributed by atoms with Crippen molar-refractivity contribution in [2.45, 2.75) is 6.92 Å².